The number of nitrogens with one attached hydrogen (secondary N) is 1. The van der Waals surface area contributed by atoms with Crippen molar-refractivity contribution in [1.29, 1.82) is 0 Å². The van der Waals surface area contributed by atoms with Gasteiger partial charge in [0.25, 0.3) is 0 Å². The van der Waals surface area contributed by atoms with Gasteiger partial charge < -0.3 is 15.0 Å². The SMILES string of the molecule is CN(C)S(=O)(=O)c1cccc(NC(=S)N=Nc2c(O)n(C)c3ccccc23)c1. The molecule has 0 aliphatic carbocycles. The molecule has 3 rings (SSSR count). The highest BCUT2D eigenvalue weighted by atomic mass is 32.2. The molecule has 146 valence electrons. The van der Waals surface area contributed by atoms with Crippen molar-refractivity contribution in [3.8, 4) is 5.88 Å². The average Bonchev–Trinajstić information content (AvgIpc) is 2.91. The van der Waals surface area contributed by atoms with Gasteiger partial charge in [-0.05, 0) is 36.5 Å². The third kappa shape index (κ3) is 3.75. The largest absolute Gasteiger partial charge is 0.493 e. The summed E-state index contributed by atoms with van der Waals surface area (Å²) in [5, 5.41) is 21.9. The van der Waals surface area contributed by atoms with Crippen molar-refractivity contribution in [2.45, 2.75) is 4.90 Å². The van der Waals surface area contributed by atoms with Crippen molar-refractivity contribution in [2.75, 3.05) is 19.4 Å². The molecule has 8 nitrogen and oxygen atoms in total. The maximum absolute atomic E-state index is 12.2. The number of aryl methyl sites for hydroxylation is 1. The van der Waals surface area contributed by atoms with Gasteiger partial charge >= 0.3 is 0 Å². The Balaban J connectivity index is 1.83. The van der Waals surface area contributed by atoms with E-state index in [0.717, 1.165) is 15.2 Å². The zero-order valence-electron chi connectivity index (χ0n) is 15.5. The summed E-state index contributed by atoms with van der Waals surface area (Å²) >= 11 is 5.18. The number of azo groups is 1. The Hall–Kier alpha value is -2.82. The zero-order chi connectivity index (χ0) is 20.5. The van der Waals surface area contributed by atoms with Crippen LogP contribution in [0.1, 0.15) is 0 Å². The first-order valence-electron chi connectivity index (χ1n) is 8.23. The molecule has 0 radical (unpaired) electrons. The van der Waals surface area contributed by atoms with Crippen LogP contribution in [0.2, 0.25) is 0 Å². The van der Waals surface area contributed by atoms with Crippen molar-refractivity contribution >= 4 is 49.6 Å². The summed E-state index contributed by atoms with van der Waals surface area (Å²) < 4.78 is 27.2. The zero-order valence-corrected chi connectivity index (χ0v) is 17.1. The number of para-hydroxylation sites is 1. The van der Waals surface area contributed by atoms with Crippen LogP contribution in [0, 0.1) is 0 Å². The summed E-state index contributed by atoms with van der Waals surface area (Å²) in [4.78, 5) is 0.133. The maximum atomic E-state index is 12.2. The van der Waals surface area contributed by atoms with E-state index >= 15 is 0 Å². The molecule has 1 aromatic heterocycles. The fourth-order valence-corrected chi connectivity index (χ4v) is 3.75. The van der Waals surface area contributed by atoms with Crippen molar-refractivity contribution < 1.29 is 13.5 Å². The third-order valence-corrected chi connectivity index (χ3v) is 6.15. The molecule has 2 N–H and O–H groups in total. The lowest BCUT2D eigenvalue weighted by atomic mass is 10.2. The smallest absolute Gasteiger partial charge is 0.242 e. The predicted octanol–water partition coefficient (Wildman–Crippen LogP) is 3.61. The molecule has 0 aliphatic rings. The minimum atomic E-state index is -3.56. The molecule has 0 bridgehead atoms. The van der Waals surface area contributed by atoms with E-state index in [9.17, 15) is 13.5 Å². The molecule has 0 saturated carbocycles. The number of benzene rings is 2. The molecule has 2 aromatic carbocycles. The van der Waals surface area contributed by atoms with Crippen LogP contribution in [0.15, 0.2) is 63.7 Å². The highest BCUT2D eigenvalue weighted by Crippen LogP contribution is 2.37. The number of hydrogen-bond acceptors (Lipinski definition) is 5. The summed E-state index contributed by atoms with van der Waals surface area (Å²) in [5.74, 6) is -0.0215. The highest BCUT2D eigenvalue weighted by molar-refractivity contribution is 7.89. The van der Waals surface area contributed by atoms with Gasteiger partial charge in [-0.1, -0.05) is 24.3 Å². The second-order valence-corrected chi connectivity index (χ2v) is 8.73. The second-order valence-electron chi connectivity index (χ2n) is 6.19. The first kappa shape index (κ1) is 19.9. The molecular weight excluding hydrogens is 398 g/mol. The number of aromatic nitrogens is 1. The van der Waals surface area contributed by atoms with Crippen LogP contribution in [-0.4, -0.2) is 41.6 Å². The van der Waals surface area contributed by atoms with Crippen LogP contribution in [0.4, 0.5) is 11.4 Å². The molecule has 0 aliphatic heterocycles. The molecule has 3 aromatic rings. The molecule has 0 atom stereocenters. The summed E-state index contributed by atoms with van der Waals surface area (Å²) in [6.45, 7) is 0. The van der Waals surface area contributed by atoms with Gasteiger partial charge in [-0.15, -0.1) is 10.2 Å². The summed E-state index contributed by atoms with van der Waals surface area (Å²) in [7, 11) is 1.10. The van der Waals surface area contributed by atoms with Gasteiger partial charge in [0.2, 0.25) is 21.0 Å². The Labute approximate surface area is 168 Å². The normalized spacial score (nSPS) is 12.1. The quantitative estimate of drug-likeness (QED) is 0.499. The minimum Gasteiger partial charge on any atom is -0.493 e. The first-order valence-corrected chi connectivity index (χ1v) is 10.1. The fraction of sp³-hybridized carbons (Fsp3) is 0.167. The van der Waals surface area contributed by atoms with E-state index < -0.39 is 10.0 Å². The highest BCUT2D eigenvalue weighted by Gasteiger charge is 2.17. The molecule has 28 heavy (non-hydrogen) atoms. The molecule has 1 heterocycles. The Morgan fingerprint density at radius 3 is 2.61 bits per heavy atom. The van der Waals surface area contributed by atoms with Crippen molar-refractivity contribution in [3.05, 3.63) is 48.5 Å². The van der Waals surface area contributed by atoms with Gasteiger partial charge in [0.15, 0.2) is 5.69 Å². The predicted molar refractivity (Wildman–Crippen MR) is 113 cm³/mol. The van der Waals surface area contributed by atoms with Crippen LogP contribution < -0.4 is 5.32 Å². The molecule has 0 spiro atoms. The van der Waals surface area contributed by atoms with Gasteiger partial charge in [-0.3, -0.25) is 0 Å². The van der Waals surface area contributed by atoms with E-state index in [4.69, 9.17) is 12.2 Å². The van der Waals surface area contributed by atoms with Gasteiger partial charge in [0.1, 0.15) is 0 Å². The van der Waals surface area contributed by atoms with E-state index in [2.05, 4.69) is 15.5 Å². The first-order chi connectivity index (χ1) is 13.2. The van der Waals surface area contributed by atoms with Gasteiger partial charge in [-0.2, -0.15) is 0 Å². The topological polar surface area (TPSA) is 99.3 Å². The van der Waals surface area contributed by atoms with Crippen LogP contribution in [0.5, 0.6) is 5.88 Å². The number of thiocarbonyl (C=S) groups is 1. The maximum Gasteiger partial charge on any atom is 0.242 e. The van der Waals surface area contributed by atoms with E-state index in [1.807, 2.05) is 24.3 Å². The second kappa shape index (κ2) is 7.66. The lowest BCUT2D eigenvalue weighted by Crippen LogP contribution is -2.22. The van der Waals surface area contributed by atoms with E-state index in [1.54, 1.807) is 23.7 Å². The minimum absolute atomic E-state index is 0.0215. The van der Waals surface area contributed by atoms with Crippen molar-refractivity contribution in [2.24, 2.45) is 17.3 Å². The molecule has 0 amide bonds. The van der Waals surface area contributed by atoms with Gasteiger partial charge in [0, 0.05) is 32.2 Å². The molecule has 0 unspecified atom stereocenters. The van der Waals surface area contributed by atoms with E-state index in [1.165, 1.54) is 26.2 Å². The molecule has 0 fully saturated rings. The Morgan fingerprint density at radius 1 is 1.18 bits per heavy atom. The number of nitrogens with zero attached hydrogens (tertiary/aromatic N) is 4. The molecule has 0 saturated heterocycles. The van der Waals surface area contributed by atoms with Gasteiger partial charge in [-0.25, -0.2) is 12.7 Å². The summed E-state index contributed by atoms with van der Waals surface area (Å²) in [6, 6.07) is 13.6. The number of aromatic hydroxyl groups is 1. The fourth-order valence-electron chi connectivity index (χ4n) is 2.65. The number of rotatable bonds is 4. The number of hydrogen-bond donors (Lipinski definition) is 2. The number of fused-ring (bicyclic) bond motifs is 1. The molecule has 10 heteroatoms. The Kier molecular flexibility index (Phi) is 5.45. The standard InChI is InChI=1S/C18H19N5O3S2/c1-22(2)28(25,26)13-8-6-7-12(11-13)19-18(27)21-20-16-14-9-4-5-10-15(14)23(3)17(16)24/h4-11,24H,1-3H3,(H,19,27). The number of anilines is 1. The van der Waals surface area contributed by atoms with Crippen LogP contribution >= 0.6 is 12.2 Å². The van der Waals surface area contributed by atoms with Crippen LogP contribution in [0.25, 0.3) is 10.9 Å². The Morgan fingerprint density at radius 2 is 1.89 bits per heavy atom. The van der Waals surface area contributed by atoms with E-state index in [-0.39, 0.29) is 15.9 Å². The van der Waals surface area contributed by atoms with Crippen molar-refractivity contribution in [3.63, 3.8) is 0 Å². The monoisotopic (exact) mass is 417 g/mol. The Bertz CT molecular complexity index is 1180. The van der Waals surface area contributed by atoms with E-state index in [0.29, 0.717) is 11.4 Å². The lowest BCUT2D eigenvalue weighted by molar-refractivity contribution is 0.436. The summed E-state index contributed by atoms with van der Waals surface area (Å²) in [5.41, 5.74) is 1.59. The lowest BCUT2D eigenvalue weighted by Gasteiger charge is -2.12. The van der Waals surface area contributed by atoms with Crippen LogP contribution in [0.3, 0.4) is 0 Å². The third-order valence-electron chi connectivity index (χ3n) is 4.15. The van der Waals surface area contributed by atoms with Crippen molar-refractivity contribution in [1.82, 2.24) is 8.87 Å². The number of sulfonamides is 1. The van der Waals surface area contributed by atoms with Crippen LogP contribution in [-0.2, 0) is 17.1 Å². The molecular formula is C18H19N5O3S2. The summed E-state index contributed by atoms with van der Waals surface area (Å²) in [6.07, 6.45) is 0. The van der Waals surface area contributed by atoms with Gasteiger partial charge in [0.05, 0.1) is 10.4 Å². The average molecular weight is 418 g/mol.